The second-order valence-corrected chi connectivity index (χ2v) is 10.3. The van der Waals surface area contributed by atoms with Crippen molar-refractivity contribution in [1.82, 2.24) is 9.80 Å². The number of esters is 1. The highest BCUT2D eigenvalue weighted by molar-refractivity contribution is 9.09. The molecule has 0 aromatic heterocycles. The maximum atomic E-state index is 13.8. The number of alkyl halides is 1. The molecule has 8 nitrogen and oxygen atoms in total. The third-order valence-electron chi connectivity index (χ3n) is 6.31. The predicted molar refractivity (Wildman–Crippen MR) is 113 cm³/mol. The van der Waals surface area contributed by atoms with E-state index in [1.165, 1.54) is 4.90 Å². The first-order chi connectivity index (χ1) is 14.0. The lowest BCUT2D eigenvalue weighted by Gasteiger charge is -2.42. The summed E-state index contributed by atoms with van der Waals surface area (Å²) in [4.78, 5) is 42.9. The monoisotopic (exact) mass is 486 g/mol. The number of hydrogen-bond acceptors (Lipinski definition) is 6. The Morgan fingerprint density at radius 3 is 2.67 bits per heavy atom. The molecule has 0 radical (unpaired) electrons. The number of β-amino-alcohol motifs (C(OH)–C–C–N with tert-alkyl or cyclic N) is 1. The molecule has 0 aromatic rings. The molecule has 3 rings (SSSR count). The fourth-order valence-corrected chi connectivity index (χ4v) is 6.18. The number of halogens is 1. The summed E-state index contributed by atoms with van der Waals surface area (Å²) in [5.74, 6) is -2.67. The van der Waals surface area contributed by atoms with Gasteiger partial charge in [-0.05, 0) is 34.1 Å². The number of fused-ring (bicyclic) bond motifs is 1. The molecule has 3 aliphatic heterocycles. The third kappa shape index (κ3) is 3.39. The van der Waals surface area contributed by atoms with Crippen molar-refractivity contribution in [1.29, 1.82) is 0 Å². The highest BCUT2D eigenvalue weighted by Crippen LogP contribution is 2.60. The molecule has 3 fully saturated rings. The zero-order valence-electron chi connectivity index (χ0n) is 18.0. The Hall–Kier alpha value is -1.45. The average molecular weight is 487 g/mol. The lowest BCUT2D eigenvalue weighted by Crippen LogP contribution is -2.60. The van der Waals surface area contributed by atoms with E-state index in [1.54, 1.807) is 17.9 Å². The van der Waals surface area contributed by atoms with Crippen molar-refractivity contribution in [2.45, 2.75) is 62.2 Å². The van der Waals surface area contributed by atoms with E-state index in [-0.39, 0.29) is 36.4 Å². The smallest absolute Gasteiger partial charge is 0.312 e. The van der Waals surface area contributed by atoms with Crippen molar-refractivity contribution >= 4 is 33.7 Å². The quantitative estimate of drug-likeness (QED) is 0.328. The second-order valence-electron chi connectivity index (χ2n) is 9.08. The Morgan fingerprint density at radius 1 is 1.47 bits per heavy atom. The maximum Gasteiger partial charge on any atom is 0.312 e. The maximum absolute atomic E-state index is 13.8. The summed E-state index contributed by atoms with van der Waals surface area (Å²) >= 11 is 3.60. The molecule has 2 bridgehead atoms. The number of carbonyl (C=O) groups is 3. The van der Waals surface area contributed by atoms with Crippen LogP contribution in [-0.2, 0) is 23.9 Å². The van der Waals surface area contributed by atoms with Gasteiger partial charge in [-0.3, -0.25) is 14.4 Å². The molecule has 3 saturated heterocycles. The summed E-state index contributed by atoms with van der Waals surface area (Å²) < 4.78 is 11.6. The minimum atomic E-state index is -1.13. The number of aliphatic hydroxyl groups is 1. The van der Waals surface area contributed by atoms with Crippen LogP contribution >= 0.6 is 15.9 Å². The minimum absolute atomic E-state index is 0.00388. The second kappa shape index (κ2) is 8.24. The lowest BCUT2D eigenvalue weighted by atomic mass is 9.70. The van der Waals surface area contributed by atoms with Crippen LogP contribution in [0.15, 0.2) is 12.7 Å². The number of likely N-dealkylation sites (tertiary alicyclic amines) is 1. The number of amides is 2. The summed E-state index contributed by atoms with van der Waals surface area (Å²) in [5, 5.41) is 9.61. The van der Waals surface area contributed by atoms with Crippen molar-refractivity contribution in [3.8, 4) is 0 Å². The summed E-state index contributed by atoms with van der Waals surface area (Å²) in [6.07, 6.45) is 1.54. The van der Waals surface area contributed by atoms with Gasteiger partial charge < -0.3 is 24.4 Å². The van der Waals surface area contributed by atoms with Gasteiger partial charge >= 0.3 is 5.97 Å². The molecule has 30 heavy (non-hydrogen) atoms. The van der Waals surface area contributed by atoms with Crippen LogP contribution in [0, 0.1) is 11.8 Å². The van der Waals surface area contributed by atoms with Gasteiger partial charge in [-0.15, -0.1) is 6.58 Å². The Balaban J connectivity index is 2.08. The van der Waals surface area contributed by atoms with Gasteiger partial charge in [0, 0.05) is 23.5 Å². The van der Waals surface area contributed by atoms with Crippen LogP contribution in [0.25, 0.3) is 0 Å². The summed E-state index contributed by atoms with van der Waals surface area (Å²) in [6, 6.07) is -0.925. The van der Waals surface area contributed by atoms with Gasteiger partial charge in [0.15, 0.2) is 0 Å². The molecular formula is C21H31BrN2O6. The van der Waals surface area contributed by atoms with Gasteiger partial charge in [0.05, 0.1) is 31.2 Å². The Labute approximate surface area is 185 Å². The number of hydrogen-bond donors (Lipinski definition) is 1. The third-order valence-corrected chi connectivity index (χ3v) is 7.15. The average Bonchev–Trinajstić information content (AvgIpc) is 3.23. The van der Waals surface area contributed by atoms with Crippen LogP contribution in [0.5, 0.6) is 0 Å². The van der Waals surface area contributed by atoms with E-state index in [1.807, 2.05) is 20.8 Å². The molecular weight excluding hydrogens is 456 g/mol. The molecule has 2 amide bonds. The van der Waals surface area contributed by atoms with E-state index in [0.29, 0.717) is 13.0 Å². The van der Waals surface area contributed by atoms with Crippen LogP contribution in [0.1, 0.15) is 34.1 Å². The molecule has 6 atom stereocenters. The first-order valence-electron chi connectivity index (χ1n) is 10.4. The number of ether oxygens (including phenoxy) is 2. The van der Waals surface area contributed by atoms with Gasteiger partial charge in [-0.2, -0.15) is 0 Å². The molecule has 3 aliphatic rings. The zero-order valence-corrected chi connectivity index (χ0v) is 19.6. The van der Waals surface area contributed by atoms with Crippen LogP contribution in [0.3, 0.4) is 0 Å². The van der Waals surface area contributed by atoms with E-state index < -0.39 is 41.1 Å². The van der Waals surface area contributed by atoms with Gasteiger partial charge in [-0.25, -0.2) is 0 Å². The SMILES string of the molecule is C=CCN(C(=O)C1N(CCO)C(=O)[C@@H]2[C@H](C(=O)OCC)[C@H]3OC12CC3Br)C(C)(C)C. The van der Waals surface area contributed by atoms with E-state index in [2.05, 4.69) is 22.5 Å². The Bertz CT molecular complexity index is 737. The van der Waals surface area contributed by atoms with E-state index in [4.69, 9.17) is 9.47 Å². The highest BCUT2D eigenvalue weighted by atomic mass is 79.9. The standard InChI is InChI=1S/C21H31BrN2O6/c1-6-8-24(20(3,4)5)18(27)16-21-11-12(22)15(30-21)13(19(28)29-7-2)14(21)17(26)23(16)9-10-25/h6,12-16,25H,1,7-11H2,2-5H3/t12?,13-,14-,15-,16?,21?/m0/s1. The van der Waals surface area contributed by atoms with Gasteiger partial charge in [0.2, 0.25) is 11.8 Å². The molecule has 1 N–H and O–H groups in total. The van der Waals surface area contributed by atoms with Crippen LogP contribution < -0.4 is 0 Å². The zero-order chi connectivity index (χ0) is 22.4. The number of nitrogens with zero attached hydrogens (tertiary/aromatic N) is 2. The summed E-state index contributed by atoms with van der Waals surface area (Å²) in [5.41, 5.74) is -1.65. The molecule has 0 aliphatic carbocycles. The lowest BCUT2D eigenvalue weighted by molar-refractivity contribution is -0.155. The molecule has 168 valence electrons. The van der Waals surface area contributed by atoms with Gasteiger partial charge in [0.25, 0.3) is 0 Å². The van der Waals surface area contributed by atoms with Crippen molar-refractivity contribution in [2.75, 3.05) is 26.3 Å². The number of rotatable bonds is 7. The first kappa shape index (κ1) is 23.2. The molecule has 3 heterocycles. The minimum Gasteiger partial charge on any atom is -0.466 e. The fourth-order valence-electron chi connectivity index (χ4n) is 5.24. The van der Waals surface area contributed by atoms with Crippen molar-refractivity contribution in [2.24, 2.45) is 11.8 Å². The highest BCUT2D eigenvalue weighted by Gasteiger charge is 2.77. The van der Waals surface area contributed by atoms with E-state index in [0.717, 1.165) is 0 Å². The van der Waals surface area contributed by atoms with Crippen LogP contribution in [0.2, 0.25) is 0 Å². The molecule has 0 aromatic carbocycles. The van der Waals surface area contributed by atoms with Gasteiger partial charge in [-0.1, -0.05) is 22.0 Å². The fraction of sp³-hybridized carbons (Fsp3) is 0.762. The Kier molecular flexibility index (Phi) is 6.38. The number of aliphatic hydroxyl groups excluding tert-OH is 1. The van der Waals surface area contributed by atoms with Crippen LogP contribution in [-0.4, -0.2) is 87.1 Å². The Morgan fingerprint density at radius 2 is 2.13 bits per heavy atom. The van der Waals surface area contributed by atoms with Crippen molar-refractivity contribution in [3.05, 3.63) is 12.7 Å². The molecule has 9 heteroatoms. The summed E-state index contributed by atoms with van der Waals surface area (Å²) in [7, 11) is 0. The first-order valence-corrected chi connectivity index (χ1v) is 11.3. The summed E-state index contributed by atoms with van der Waals surface area (Å²) in [6.45, 7) is 11.4. The van der Waals surface area contributed by atoms with Crippen molar-refractivity contribution in [3.63, 3.8) is 0 Å². The molecule has 3 unspecified atom stereocenters. The van der Waals surface area contributed by atoms with Crippen LogP contribution in [0.4, 0.5) is 0 Å². The van der Waals surface area contributed by atoms with E-state index in [9.17, 15) is 19.5 Å². The molecule has 1 spiro atoms. The predicted octanol–water partition coefficient (Wildman–Crippen LogP) is 1.10. The molecule has 0 saturated carbocycles. The van der Waals surface area contributed by atoms with E-state index >= 15 is 0 Å². The van der Waals surface area contributed by atoms with Crippen molar-refractivity contribution < 1.29 is 29.0 Å². The van der Waals surface area contributed by atoms with Gasteiger partial charge in [0.1, 0.15) is 11.6 Å². The number of carbonyl (C=O) groups excluding carboxylic acids is 3. The topological polar surface area (TPSA) is 96.4 Å². The normalized spacial score (nSPS) is 34.8. The largest absolute Gasteiger partial charge is 0.466 e.